The van der Waals surface area contributed by atoms with Crippen LogP contribution in [0.4, 0.5) is 4.39 Å². The van der Waals surface area contributed by atoms with Crippen LogP contribution in [0.5, 0.6) is 0 Å². The molecule has 0 atom stereocenters. The molecule has 0 unspecified atom stereocenters. The van der Waals surface area contributed by atoms with Crippen molar-refractivity contribution in [1.82, 2.24) is 5.32 Å². The molecule has 1 aromatic heterocycles. The summed E-state index contributed by atoms with van der Waals surface area (Å²) in [5, 5.41) is 3.28. The number of rotatable bonds is 4. The Morgan fingerprint density at radius 1 is 1.22 bits per heavy atom. The molecule has 0 aliphatic heterocycles. The topological polar surface area (TPSA) is 25.2 Å². The lowest BCUT2D eigenvalue weighted by molar-refractivity contribution is 0.466. The summed E-state index contributed by atoms with van der Waals surface area (Å²) in [6.45, 7) is 6.69. The fourth-order valence-corrected chi connectivity index (χ4v) is 1.86. The van der Waals surface area contributed by atoms with E-state index in [1.165, 1.54) is 6.07 Å². The van der Waals surface area contributed by atoms with Crippen LogP contribution in [0.3, 0.4) is 0 Å². The summed E-state index contributed by atoms with van der Waals surface area (Å²) in [4.78, 5) is 0. The van der Waals surface area contributed by atoms with Crippen LogP contribution < -0.4 is 5.32 Å². The van der Waals surface area contributed by atoms with Gasteiger partial charge in [0.05, 0.1) is 12.8 Å². The predicted octanol–water partition coefficient (Wildman–Crippen LogP) is 3.89. The standard InChI is InChI=1S/C15H18FNO/c1-10(2)17-9-15-12(6-7-18-15)13-8-11(3)4-5-14(13)16/h4-8,10,17H,9H2,1-3H3. The summed E-state index contributed by atoms with van der Waals surface area (Å²) in [6.07, 6.45) is 1.61. The average molecular weight is 247 g/mol. The third kappa shape index (κ3) is 2.79. The first-order chi connectivity index (χ1) is 8.58. The molecule has 0 saturated heterocycles. The largest absolute Gasteiger partial charge is 0.467 e. The monoisotopic (exact) mass is 247 g/mol. The molecule has 1 N–H and O–H groups in total. The Balaban J connectivity index is 2.33. The smallest absolute Gasteiger partial charge is 0.131 e. The Morgan fingerprint density at radius 3 is 2.72 bits per heavy atom. The molecule has 0 aliphatic rings. The van der Waals surface area contributed by atoms with Crippen molar-refractivity contribution < 1.29 is 8.81 Å². The van der Waals surface area contributed by atoms with Gasteiger partial charge < -0.3 is 9.73 Å². The summed E-state index contributed by atoms with van der Waals surface area (Å²) >= 11 is 0. The van der Waals surface area contributed by atoms with Gasteiger partial charge >= 0.3 is 0 Å². The van der Waals surface area contributed by atoms with Crippen molar-refractivity contribution in [1.29, 1.82) is 0 Å². The molecule has 1 heterocycles. The van der Waals surface area contributed by atoms with E-state index in [1.54, 1.807) is 12.3 Å². The van der Waals surface area contributed by atoms with E-state index in [0.29, 0.717) is 18.2 Å². The molecule has 0 fully saturated rings. The molecule has 2 aromatic rings. The highest BCUT2D eigenvalue weighted by molar-refractivity contribution is 5.66. The van der Waals surface area contributed by atoms with Gasteiger partial charge in [-0.2, -0.15) is 0 Å². The van der Waals surface area contributed by atoms with Crippen LogP contribution in [0.1, 0.15) is 25.2 Å². The third-order valence-electron chi connectivity index (χ3n) is 2.83. The van der Waals surface area contributed by atoms with Crippen molar-refractivity contribution in [2.24, 2.45) is 0 Å². The minimum Gasteiger partial charge on any atom is -0.467 e. The summed E-state index contributed by atoms with van der Waals surface area (Å²) in [5.74, 6) is 0.556. The molecule has 18 heavy (non-hydrogen) atoms. The van der Waals surface area contributed by atoms with E-state index in [9.17, 15) is 4.39 Å². The van der Waals surface area contributed by atoms with Crippen LogP contribution in [0.25, 0.3) is 11.1 Å². The first-order valence-corrected chi connectivity index (χ1v) is 6.14. The summed E-state index contributed by atoms with van der Waals surface area (Å²) < 4.78 is 19.3. The maximum atomic E-state index is 13.8. The van der Waals surface area contributed by atoms with E-state index in [0.717, 1.165) is 16.9 Å². The zero-order valence-electron chi connectivity index (χ0n) is 11.0. The summed E-state index contributed by atoms with van der Waals surface area (Å²) in [6, 6.07) is 7.29. The molecule has 0 radical (unpaired) electrons. The molecule has 2 rings (SSSR count). The Bertz CT molecular complexity index is 531. The van der Waals surface area contributed by atoms with E-state index < -0.39 is 0 Å². The Morgan fingerprint density at radius 2 is 2.00 bits per heavy atom. The molecule has 0 spiro atoms. The summed E-state index contributed by atoms with van der Waals surface area (Å²) in [7, 11) is 0. The molecule has 2 nitrogen and oxygen atoms in total. The van der Waals surface area contributed by atoms with Gasteiger partial charge in [0.15, 0.2) is 0 Å². The van der Waals surface area contributed by atoms with Gasteiger partial charge in [0, 0.05) is 17.2 Å². The van der Waals surface area contributed by atoms with Crippen LogP contribution in [-0.2, 0) is 6.54 Å². The molecular weight excluding hydrogens is 229 g/mol. The van der Waals surface area contributed by atoms with E-state index in [4.69, 9.17) is 4.42 Å². The Hall–Kier alpha value is -1.61. The lowest BCUT2D eigenvalue weighted by Crippen LogP contribution is -2.21. The average Bonchev–Trinajstić information content (AvgIpc) is 2.77. The second-order valence-electron chi connectivity index (χ2n) is 4.78. The van der Waals surface area contributed by atoms with E-state index in [-0.39, 0.29) is 5.82 Å². The second kappa shape index (κ2) is 5.36. The zero-order valence-corrected chi connectivity index (χ0v) is 11.0. The molecule has 1 aromatic carbocycles. The zero-order chi connectivity index (χ0) is 13.1. The number of nitrogens with one attached hydrogen (secondary N) is 1. The van der Waals surface area contributed by atoms with Gasteiger partial charge in [0.25, 0.3) is 0 Å². The minimum absolute atomic E-state index is 0.215. The quantitative estimate of drug-likeness (QED) is 0.886. The van der Waals surface area contributed by atoms with Gasteiger partial charge in [-0.15, -0.1) is 0 Å². The number of hydrogen-bond acceptors (Lipinski definition) is 2. The fraction of sp³-hybridized carbons (Fsp3) is 0.333. The Labute approximate surface area is 107 Å². The lowest BCUT2D eigenvalue weighted by Gasteiger charge is -2.09. The summed E-state index contributed by atoms with van der Waals surface area (Å²) in [5.41, 5.74) is 2.46. The van der Waals surface area contributed by atoms with Gasteiger partial charge in [0.2, 0.25) is 0 Å². The number of benzene rings is 1. The van der Waals surface area contributed by atoms with Crippen molar-refractivity contribution in [2.75, 3.05) is 0 Å². The van der Waals surface area contributed by atoms with Crippen LogP contribution in [0, 0.1) is 12.7 Å². The number of aryl methyl sites for hydroxylation is 1. The maximum absolute atomic E-state index is 13.8. The normalized spacial score (nSPS) is 11.2. The van der Waals surface area contributed by atoms with Gasteiger partial charge in [-0.3, -0.25) is 0 Å². The minimum atomic E-state index is -0.215. The molecule has 3 heteroatoms. The maximum Gasteiger partial charge on any atom is 0.131 e. The molecule has 0 amide bonds. The van der Waals surface area contributed by atoms with Crippen molar-refractivity contribution >= 4 is 0 Å². The lowest BCUT2D eigenvalue weighted by atomic mass is 10.0. The van der Waals surface area contributed by atoms with Crippen molar-refractivity contribution in [3.05, 3.63) is 47.7 Å². The molecule has 96 valence electrons. The van der Waals surface area contributed by atoms with Crippen molar-refractivity contribution in [2.45, 2.75) is 33.4 Å². The highest BCUT2D eigenvalue weighted by Gasteiger charge is 2.13. The van der Waals surface area contributed by atoms with Crippen LogP contribution >= 0.6 is 0 Å². The second-order valence-corrected chi connectivity index (χ2v) is 4.78. The first kappa shape index (κ1) is 12.8. The SMILES string of the molecule is Cc1ccc(F)c(-c2ccoc2CNC(C)C)c1. The number of halogens is 1. The van der Waals surface area contributed by atoms with E-state index in [1.807, 2.05) is 19.1 Å². The van der Waals surface area contributed by atoms with Gasteiger partial charge in [-0.05, 0) is 25.1 Å². The van der Waals surface area contributed by atoms with Crippen molar-refractivity contribution in [3.8, 4) is 11.1 Å². The van der Waals surface area contributed by atoms with E-state index >= 15 is 0 Å². The predicted molar refractivity (Wildman–Crippen MR) is 70.8 cm³/mol. The molecular formula is C15H18FNO. The first-order valence-electron chi connectivity index (χ1n) is 6.14. The molecule has 0 saturated carbocycles. The number of furan rings is 1. The molecule has 0 bridgehead atoms. The van der Waals surface area contributed by atoms with Gasteiger partial charge in [-0.25, -0.2) is 4.39 Å². The van der Waals surface area contributed by atoms with Crippen molar-refractivity contribution in [3.63, 3.8) is 0 Å². The number of hydrogen-bond donors (Lipinski definition) is 1. The van der Waals surface area contributed by atoms with Gasteiger partial charge in [0.1, 0.15) is 11.6 Å². The highest BCUT2D eigenvalue weighted by Crippen LogP contribution is 2.28. The highest BCUT2D eigenvalue weighted by atomic mass is 19.1. The molecule has 0 aliphatic carbocycles. The van der Waals surface area contributed by atoms with Crippen LogP contribution in [-0.4, -0.2) is 6.04 Å². The van der Waals surface area contributed by atoms with E-state index in [2.05, 4.69) is 19.2 Å². The van der Waals surface area contributed by atoms with Crippen LogP contribution in [0.2, 0.25) is 0 Å². The third-order valence-corrected chi connectivity index (χ3v) is 2.83. The van der Waals surface area contributed by atoms with Crippen LogP contribution in [0.15, 0.2) is 34.9 Å². The fourth-order valence-electron chi connectivity index (χ4n) is 1.86. The van der Waals surface area contributed by atoms with Gasteiger partial charge in [-0.1, -0.05) is 25.5 Å². The Kier molecular flexibility index (Phi) is 3.82.